The Morgan fingerprint density at radius 3 is 2.53 bits per heavy atom. The van der Waals surface area contributed by atoms with Crippen LogP contribution in [-0.4, -0.2) is 16.8 Å². The first-order chi connectivity index (χ1) is 8.22. The van der Waals surface area contributed by atoms with E-state index in [1.807, 2.05) is 30.3 Å². The molecule has 1 aromatic rings. The van der Waals surface area contributed by atoms with E-state index in [-0.39, 0.29) is 6.42 Å². The Morgan fingerprint density at radius 1 is 1.24 bits per heavy atom. The van der Waals surface area contributed by atoms with Gasteiger partial charge in [0.15, 0.2) is 0 Å². The number of nitrogens with zero attached hydrogens (tertiary/aromatic N) is 1. The maximum absolute atomic E-state index is 10.8. The number of carboxylic acids is 1. The van der Waals surface area contributed by atoms with Gasteiger partial charge in [0.25, 0.3) is 0 Å². The van der Waals surface area contributed by atoms with Crippen molar-refractivity contribution in [1.29, 1.82) is 0 Å². The Hall–Kier alpha value is -1.64. The van der Waals surface area contributed by atoms with Crippen LogP contribution in [0.25, 0.3) is 0 Å². The number of carboxylic acid groups (broad SMARTS) is 1. The molecule has 0 amide bonds. The van der Waals surface area contributed by atoms with E-state index in [0.29, 0.717) is 0 Å². The topological polar surface area (TPSA) is 49.7 Å². The number of hydrogen-bond donors (Lipinski definition) is 1. The van der Waals surface area contributed by atoms with Crippen LogP contribution in [0.1, 0.15) is 39.0 Å². The summed E-state index contributed by atoms with van der Waals surface area (Å²) in [6.45, 7) is 2.13. The minimum atomic E-state index is -0.809. The van der Waals surface area contributed by atoms with E-state index in [9.17, 15) is 4.79 Å². The van der Waals surface area contributed by atoms with E-state index in [2.05, 4.69) is 11.9 Å². The number of carbonyl (C=O) groups is 1. The molecule has 1 rings (SSSR count). The highest BCUT2D eigenvalue weighted by Gasteiger charge is 2.05. The van der Waals surface area contributed by atoms with Crippen LogP contribution in [0.15, 0.2) is 35.3 Å². The highest BCUT2D eigenvalue weighted by Crippen LogP contribution is 2.14. The molecule has 0 spiro atoms. The summed E-state index contributed by atoms with van der Waals surface area (Å²) in [6, 6.07) is 9.52. The highest BCUT2D eigenvalue weighted by atomic mass is 16.4. The Kier molecular flexibility index (Phi) is 6.00. The standard InChI is InChI=1S/C14H19NO2/c1-2-3-5-10-13(11-14(16)17)15-12-8-6-4-7-9-12/h4,6-9H,2-3,5,10-11H2,1H3,(H,16,17). The molecule has 17 heavy (non-hydrogen) atoms. The van der Waals surface area contributed by atoms with Crippen molar-refractivity contribution in [2.45, 2.75) is 39.0 Å². The second-order valence-electron chi connectivity index (χ2n) is 4.04. The first kappa shape index (κ1) is 13.4. The third-order valence-electron chi connectivity index (χ3n) is 2.47. The molecular formula is C14H19NO2. The van der Waals surface area contributed by atoms with Crippen molar-refractivity contribution in [3.8, 4) is 0 Å². The van der Waals surface area contributed by atoms with Gasteiger partial charge < -0.3 is 5.11 Å². The second kappa shape index (κ2) is 7.60. The van der Waals surface area contributed by atoms with E-state index in [1.165, 1.54) is 0 Å². The van der Waals surface area contributed by atoms with Gasteiger partial charge in [-0.25, -0.2) is 0 Å². The lowest BCUT2D eigenvalue weighted by Gasteiger charge is -2.03. The number of benzene rings is 1. The summed E-state index contributed by atoms with van der Waals surface area (Å²) in [5.74, 6) is -0.809. The number of hydrogen-bond acceptors (Lipinski definition) is 2. The summed E-state index contributed by atoms with van der Waals surface area (Å²) in [4.78, 5) is 15.2. The van der Waals surface area contributed by atoms with Crippen LogP contribution in [0.2, 0.25) is 0 Å². The van der Waals surface area contributed by atoms with Crippen LogP contribution in [0.5, 0.6) is 0 Å². The SMILES string of the molecule is CCCCCC(CC(=O)O)=Nc1ccccc1. The smallest absolute Gasteiger partial charge is 0.309 e. The zero-order chi connectivity index (χ0) is 12.5. The predicted molar refractivity (Wildman–Crippen MR) is 69.9 cm³/mol. The highest BCUT2D eigenvalue weighted by molar-refractivity contribution is 5.99. The van der Waals surface area contributed by atoms with E-state index >= 15 is 0 Å². The summed E-state index contributed by atoms with van der Waals surface area (Å²) in [6.07, 6.45) is 4.07. The Labute approximate surface area is 102 Å². The summed E-state index contributed by atoms with van der Waals surface area (Å²) < 4.78 is 0. The lowest BCUT2D eigenvalue weighted by atomic mass is 10.1. The molecule has 0 fully saturated rings. The van der Waals surface area contributed by atoms with Crippen LogP contribution in [0.3, 0.4) is 0 Å². The Morgan fingerprint density at radius 2 is 1.94 bits per heavy atom. The largest absolute Gasteiger partial charge is 0.481 e. The number of unbranched alkanes of at least 4 members (excludes halogenated alkanes) is 2. The molecule has 0 radical (unpaired) electrons. The molecule has 3 nitrogen and oxygen atoms in total. The van der Waals surface area contributed by atoms with Gasteiger partial charge >= 0.3 is 5.97 Å². The van der Waals surface area contributed by atoms with E-state index in [1.54, 1.807) is 0 Å². The van der Waals surface area contributed by atoms with E-state index < -0.39 is 5.97 Å². The number of aliphatic imine (C=N–C) groups is 1. The molecular weight excluding hydrogens is 214 g/mol. The molecule has 1 aromatic carbocycles. The van der Waals surface area contributed by atoms with Gasteiger partial charge in [0.1, 0.15) is 0 Å². The van der Waals surface area contributed by atoms with Crippen molar-refractivity contribution >= 4 is 17.4 Å². The second-order valence-corrected chi connectivity index (χ2v) is 4.04. The third-order valence-corrected chi connectivity index (χ3v) is 2.47. The Balaban J connectivity index is 2.67. The molecule has 0 heterocycles. The average Bonchev–Trinajstić information content (AvgIpc) is 2.30. The van der Waals surface area contributed by atoms with Gasteiger partial charge in [0.05, 0.1) is 12.1 Å². The van der Waals surface area contributed by atoms with Crippen molar-refractivity contribution in [1.82, 2.24) is 0 Å². The maximum atomic E-state index is 10.8. The van der Waals surface area contributed by atoms with Gasteiger partial charge in [-0.05, 0) is 25.0 Å². The molecule has 0 aliphatic heterocycles. The molecule has 92 valence electrons. The number of rotatable bonds is 7. The Bertz CT molecular complexity index is 371. The van der Waals surface area contributed by atoms with E-state index in [4.69, 9.17) is 5.11 Å². The molecule has 1 N–H and O–H groups in total. The molecule has 3 heteroatoms. The molecule has 0 saturated heterocycles. The predicted octanol–water partition coefficient (Wildman–Crippen LogP) is 3.81. The first-order valence-electron chi connectivity index (χ1n) is 6.05. The average molecular weight is 233 g/mol. The monoisotopic (exact) mass is 233 g/mol. The van der Waals surface area contributed by atoms with E-state index in [0.717, 1.165) is 37.1 Å². The van der Waals surface area contributed by atoms with Crippen molar-refractivity contribution in [3.63, 3.8) is 0 Å². The maximum Gasteiger partial charge on any atom is 0.309 e. The molecule has 0 saturated carbocycles. The van der Waals surface area contributed by atoms with Gasteiger partial charge in [0.2, 0.25) is 0 Å². The van der Waals surface area contributed by atoms with Gasteiger partial charge in [-0.15, -0.1) is 0 Å². The first-order valence-corrected chi connectivity index (χ1v) is 6.05. The molecule has 0 aliphatic carbocycles. The normalized spacial score (nSPS) is 11.5. The zero-order valence-electron chi connectivity index (χ0n) is 10.2. The van der Waals surface area contributed by atoms with Crippen molar-refractivity contribution < 1.29 is 9.90 Å². The van der Waals surface area contributed by atoms with Gasteiger partial charge in [-0.2, -0.15) is 0 Å². The molecule has 0 aliphatic rings. The fourth-order valence-corrected chi connectivity index (χ4v) is 1.62. The van der Waals surface area contributed by atoms with Gasteiger partial charge in [0, 0.05) is 5.71 Å². The molecule has 0 atom stereocenters. The zero-order valence-corrected chi connectivity index (χ0v) is 10.2. The summed E-state index contributed by atoms with van der Waals surface area (Å²) in [5.41, 5.74) is 1.59. The summed E-state index contributed by atoms with van der Waals surface area (Å²) >= 11 is 0. The minimum absolute atomic E-state index is 0.0403. The molecule has 0 unspecified atom stereocenters. The van der Waals surface area contributed by atoms with Crippen LogP contribution >= 0.6 is 0 Å². The van der Waals surface area contributed by atoms with Crippen LogP contribution in [-0.2, 0) is 4.79 Å². The van der Waals surface area contributed by atoms with Crippen molar-refractivity contribution in [2.75, 3.05) is 0 Å². The van der Waals surface area contributed by atoms with Crippen LogP contribution in [0.4, 0.5) is 5.69 Å². The van der Waals surface area contributed by atoms with Crippen LogP contribution < -0.4 is 0 Å². The molecule has 0 bridgehead atoms. The third kappa shape index (κ3) is 5.85. The number of aliphatic carboxylic acids is 1. The van der Waals surface area contributed by atoms with Crippen LogP contribution in [0, 0.1) is 0 Å². The fraction of sp³-hybridized carbons (Fsp3) is 0.429. The van der Waals surface area contributed by atoms with Crippen molar-refractivity contribution in [2.24, 2.45) is 4.99 Å². The summed E-state index contributed by atoms with van der Waals surface area (Å²) in [7, 11) is 0. The minimum Gasteiger partial charge on any atom is -0.481 e. The lowest BCUT2D eigenvalue weighted by Crippen LogP contribution is -2.06. The lowest BCUT2D eigenvalue weighted by molar-refractivity contribution is -0.135. The van der Waals surface area contributed by atoms with Gasteiger partial charge in [-0.3, -0.25) is 9.79 Å². The summed E-state index contributed by atoms with van der Waals surface area (Å²) in [5, 5.41) is 8.84. The fourth-order valence-electron chi connectivity index (χ4n) is 1.62. The van der Waals surface area contributed by atoms with Gasteiger partial charge in [-0.1, -0.05) is 38.0 Å². The van der Waals surface area contributed by atoms with Crippen molar-refractivity contribution in [3.05, 3.63) is 30.3 Å². The molecule has 0 aromatic heterocycles. The number of para-hydroxylation sites is 1. The quantitative estimate of drug-likeness (QED) is 0.575.